The zero-order valence-corrected chi connectivity index (χ0v) is 11.5. The summed E-state index contributed by atoms with van der Waals surface area (Å²) in [6.07, 6.45) is 0.675. The number of fused-ring (bicyclic) bond motifs is 1. The summed E-state index contributed by atoms with van der Waals surface area (Å²) in [6.45, 7) is 9.81. The summed E-state index contributed by atoms with van der Waals surface area (Å²) in [7, 11) is 0. The van der Waals surface area contributed by atoms with Crippen LogP contribution in [0.15, 0.2) is 0 Å². The van der Waals surface area contributed by atoms with Gasteiger partial charge in [-0.1, -0.05) is 0 Å². The van der Waals surface area contributed by atoms with Gasteiger partial charge in [-0.25, -0.2) is 4.79 Å². The Labute approximate surface area is 109 Å². The molecular weight excluding hydrogens is 232 g/mol. The normalized spacial score (nSPS) is 31.8. The molecule has 2 heterocycles. The van der Waals surface area contributed by atoms with E-state index in [-0.39, 0.29) is 11.5 Å². The van der Waals surface area contributed by atoms with Crippen LogP contribution in [0.5, 0.6) is 0 Å². The van der Waals surface area contributed by atoms with E-state index in [9.17, 15) is 4.79 Å². The van der Waals surface area contributed by atoms with Crippen LogP contribution in [0.4, 0.5) is 4.79 Å². The summed E-state index contributed by atoms with van der Waals surface area (Å²) < 4.78 is 10.8. The van der Waals surface area contributed by atoms with Crippen molar-refractivity contribution in [1.82, 2.24) is 10.6 Å². The second-order valence-corrected chi connectivity index (χ2v) is 6.37. The van der Waals surface area contributed by atoms with E-state index in [1.165, 1.54) is 0 Å². The SMILES string of the molecule is CC(C)(C)OC(=O)NC[C@]12CCOC[C@H]1CNC2. The first kappa shape index (κ1) is 13.6. The number of hydrogen-bond acceptors (Lipinski definition) is 4. The Morgan fingerprint density at radius 3 is 3.06 bits per heavy atom. The molecule has 0 aliphatic carbocycles. The van der Waals surface area contributed by atoms with E-state index < -0.39 is 5.60 Å². The minimum Gasteiger partial charge on any atom is -0.444 e. The van der Waals surface area contributed by atoms with Crippen molar-refractivity contribution in [3.8, 4) is 0 Å². The maximum atomic E-state index is 11.7. The van der Waals surface area contributed by atoms with Gasteiger partial charge >= 0.3 is 6.09 Å². The molecule has 2 rings (SSSR count). The molecule has 2 saturated heterocycles. The summed E-state index contributed by atoms with van der Waals surface area (Å²) in [5, 5.41) is 6.32. The van der Waals surface area contributed by atoms with Crippen LogP contribution in [0.2, 0.25) is 0 Å². The fourth-order valence-electron chi connectivity index (χ4n) is 2.74. The zero-order chi connectivity index (χ0) is 13.2. The fraction of sp³-hybridized carbons (Fsp3) is 0.923. The molecule has 0 saturated carbocycles. The molecule has 0 bridgehead atoms. The summed E-state index contributed by atoms with van der Waals surface area (Å²) in [5.74, 6) is 0.501. The van der Waals surface area contributed by atoms with E-state index >= 15 is 0 Å². The molecule has 0 spiro atoms. The molecule has 0 aromatic carbocycles. The summed E-state index contributed by atoms with van der Waals surface area (Å²) >= 11 is 0. The third-order valence-corrected chi connectivity index (χ3v) is 3.78. The van der Waals surface area contributed by atoms with Crippen LogP contribution in [0.25, 0.3) is 0 Å². The minimum atomic E-state index is -0.440. The Bertz CT molecular complexity index is 314. The van der Waals surface area contributed by atoms with Crippen molar-refractivity contribution in [2.45, 2.75) is 32.8 Å². The molecule has 0 unspecified atom stereocenters. The number of carbonyl (C=O) groups excluding carboxylic acids is 1. The number of rotatable bonds is 2. The van der Waals surface area contributed by atoms with Crippen LogP contribution in [-0.2, 0) is 9.47 Å². The fourth-order valence-corrected chi connectivity index (χ4v) is 2.74. The maximum Gasteiger partial charge on any atom is 0.407 e. The molecule has 1 amide bonds. The van der Waals surface area contributed by atoms with E-state index in [4.69, 9.17) is 9.47 Å². The zero-order valence-electron chi connectivity index (χ0n) is 11.5. The van der Waals surface area contributed by atoms with Crippen LogP contribution in [0, 0.1) is 11.3 Å². The lowest BCUT2D eigenvalue weighted by atomic mass is 9.74. The van der Waals surface area contributed by atoms with Crippen LogP contribution >= 0.6 is 0 Å². The Morgan fingerprint density at radius 1 is 1.56 bits per heavy atom. The Balaban J connectivity index is 1.86. The average molecular weight is 256 g/mol. The van der Waals surface area contributed by atoms with Crippen molar-refractivity contribution in [3.63, 3.8) is 0 Å². The van der Waals surface area contributed by atoms with Crippen LogP contribution in [-0.4, -0.2) is 44.5 Å². The third kappa shape index (κ3) is 3.14. The molecule has 2 aliphatic rings. The largest absolute Gasteiger partial charge is 0.444 e. The lowest BCUT2D eigenvalue weighted by Crippen LogP contribution is -2.48. The summed E-state index contributed by atoms with van der Waals surface area (Å²) in [5.41, 5.74) is -0.292. The first-order valence-electron chi connectivity index (χ1n) is 6.67. The van der Waals surface area contributed by atoms with Gasteiger partial charge in [-0.05, 0) is 27.2 Å². The van der Waals surface area contributed by atoms with E-state index in [1.54, 1.807) is 0 Å². The van der Waals surface area contributed by atoms with Gasteiger partial charge in [0.25, 0.3) is 0 Å². The highest BCUT2D eigenvalue weighted by molar-refractivity contribution is 5.67. The van der Waals surface area contributed by atoms with Crippen molar-refractivity contribution in [2.24, 2.45) is 11.3 Å². The minimum absolute atomic E-state index is 0.148. The van der Waals surface area contributed by atoms with Gasteiger partial charge in [-0.15, -0.1) is 0 Å². The lowest BCUT2D eigenvalue weighted by molar-refractivity contribution is -0.0162. The number of carbonyl (C=O) groups is 1. The quantitative estimate of drug-likeness (QED) is 0.778. The van der Waals surface area contributed by atoms with E-state index in [1.807, 2.05) is 20.8 Å². The highest BCUT2D eigenvalue weighted by Gasteiger charge is 2.45. The van der Waals surface area contributed by atoms with E-state index in [0.29, 0.717) is 12.5 Å². The first-order chi connectivity index (χ1) is 8.41. The molecule has 2 N–H and O–H groups in total. The Morgan fingerprint density at radius 2 is 2.33 bits per heavy atom. The van der Waals surface area contributed by atoms with E-state index in [0.717, 1.165) is 32.7 Å². The molecule has 2 atom stereocenters. The van der Waals surface area contributed by atoms with Gasteiger partial charge in [0.15, 0.2) is 0 Å². The number of amides is 1. The predicted octanol–water partition coefficient (Wildman–Crippen LogP) is 1.14. The van der Waals surface area contributed by atoms with Crippen molar-refractivity contribution < 1.29 is 14.3 Å². The predicted molar refractivity (Wildman–Crippen MR) is 68.5 cm³/mol. The van der Waals surface area contributed by atoms with Crippen LogP contribution in [0.3, 0.4) is 0 Å². The second-order valence-electron chi connectivity index (χ2n) is 6.37. The van der Waals surface area contributed by atoms with Crippen molar-refractivity contribution >= 4 is 6.09 Å². The molecule has 0 aromatic heterocycles. The molecule has 2 aliphatic heterocycles. The number of ether oxygens (including phenoxy) is 2. The average Bonchev–Trinajstić information content (AvgIpc) is 2.68. The molecule has 5 heteroatoms. The Kier molecular flexibility index (Phi) is 3.82. The standard InChI is InChI=1S/C13H24N2O3/c1-12(2,3)18-11(16)15-9-13-4-5-17-7-10(13)6-14-8-13/h10,14H,4-9H2,1-3H3,(H,15,16)/t10-,13-/m1/s1. The van der Waals surface area contributed by atoms with Crippen LogP contribution in [0.1, 0.15) is 27.2 Å². The molecule has 0 radical (unpaired) electrons. The highest BCUT2D eigenvalue weighted by Crippen LogP contribution is 2.37. The molecule has 5 nitrogen and oxygen atoms in total. The van der Waals surface area contributed by atoms with Gasteiger partial charge in [0.05, 0.1) is 6.61 Å². The molecule has 104 valence electrons. The van der Waals surface area contributed by atoms with Gasteiger partial charge in [-0.3, -0.25) is 0 Å². The van der Waals surface area contributed by atoms with Crippen LogP contribution < -0.4 is 10.6 Å². The van der Waals surface area contributed by atoms with Gasteiger partial charge in [0.1, 0.15) is 5.60 Å². The molecular formula is C13H24N2O3. The smallest absolute Gasteiger partial charge is 0.407 e. The third-order valence-electron chi connectivity index (χ3n) is 3.78. The maximum absolute atomic E-state index is 11.7. The monoisotopic (exact) mass is 256 g/mol. The second kappa shape index (κ2) is 5.05. The number of hydrogen-bond donors (Lipinski definition) is 2. The number of alkyl carbamates (subject to hydrolysis) is 1. The topological polar surface area (TPSA) is 59.6 Å². The lowest BCUT2D eigenvalue weighted by Gasteiger charge is -2.38. The van der Waals surface area contributed by atoms with E-state index in [2.05, 4.69) is 10.6 Å². The van der Waals surface area contributed by atoms with Gasteiger partial charge < -0.3 is 20.1 Å². The number of nitrogens with one attached hydrogen (secondary N) is 2. The summed E-state index contributed by atoms with van der Waals surface area (Å²) in [4.78, 5) is 11.7. The van der Waals surface area contributed by atoms with Crippen molar-refractivity contribution in [3.05, 3.63) is 0 Å². The van der Waals surface area contributed by atoms with Crippen molar-refractivity contribution in [2.75, 3.05) is 32.8 Å². The highest BCUT2D eigenvalue weighted by atomic mass is 16.6. The van der Waals surface area contributed by atoms with Crippen molar-refractivity contribution in [1.29, 1.82) is 0 Å². The summed E-state index contributed by atoms with van der Waals surface area (Å²) in [6, 6.07) is 0. The molecule has 18 heavy (non-hydrogen) atoms. The van der Waals surface area contributed by atoms with Gasteiger partial charge in [0, 0.05) is 37.6 Å². The molecule has 2 fully saturated rings. The van der Waals surface area contributed by atoms with Gasteiger partial charge in [0.2, 0.25) is 0 Å². The molecule has 0 aromatic rings. The van der Waals surface area contributed by atoms with Gasteiger partial charge in [-0.2, -0.15) is 0 Å². The Hall–Kier alpha value is -0.810. The first-order valence-corrected chi connectivity index (χ1v) is 6.67.